The number of aryl methyl sites for hydroxylation is 1. The average molecular weight is 469 g/mol. The number of hydrogen-bond donors (Lipinski definition) is 2. The van der Waals surface area contributed by atoms with Crippen LogP contribution in [0.1, 0.15) is 37.9 Å². The molecule has 3 aliphatic heterocycles. The number of nitrogens with zero attached hydrogens (tertiary/aromatic N) is 5. The van der Waals surface area contributed by atoms with Crippen LogP contribution in [-0.4, -0.2) is 98.6 Å². The molecule has 2 amide bonds. The van der Waals surface area contributed by atoms with Gasteiger partial charge in [-0.3, -0.25) is 19.4 Å². The van der Waals surface area contributed by atoms with Crippen LogP contribution in [0.15, 0.2) is 24.3 Å². The molecule has 9 heteroatoms. The van der Waals surface area contributed by atoms with Gasteiger partial charge < -0.3 is 19.9 Å². The number of fused-ring (bicyclic) bond motifs is 2. The number of imidazole rings is 1. The maximum absolute atomic E-state index is 13.2. The van der Waals surface area contributed by atoms with Crippen molar-refractivity contribution in [3.63, 3.8) is 0 Å². The molecule has 4 heterocycles. The Balaban J connectivity index is 1.23. The average Bonchev–Trinajstić information content (AvgIpc) is 3.37. The monoisotopic (exact) mass is 468 g/mol. The summed E-state index contributed by atoms with van der Waals surface area (Å²) in [6, 6.07) is 8.16. The Kier molecular flexibility index (Phi) is 6.59. The maximum Gasteiger partial charge on any atom is 0.239 e. The first-order chi connectivity index (χ1) is 16.4. The van der Waals surface area contributed by atoms with E-state index in [4.69, 9.17) is 4.98 Å². The van der Waals surface area contributed by atoms with E-state index in [9.17, 15) is 14.7 Å². The SMILES string of the molecule is CN1[C@@H](CCC(=O)N2CCC(O)CC2)CNC(=O)[C@@H]2[C@@H]1CCN2Cc1nc2ccccc2n1C. The Morgan fingerprint density at radius 2 is 1.91 bits per heavy atom. The summed E-state index contributed by atoms with van der Waals surface area (Å²) in [5.41, 5.74) is 2.08. The van der Waals surface area contributed by atoms with Gasteiger partial charge in [-0.15, -0.1) is 0 Å². The molecule has 0 spiro atoms. The van der Waals surface area contributed by atoms with Crippen molar-refractivity contribution in [2.75, 3.05) is 33.2 Å². The lowest BCUT2D eigenvalue weighted by molar-refractivity contribution is -0.133. The van der Waals surface area contributed by atoms with E-state index in [2.05, 4.69) is 32.8 Å². The molecule has 0 saturated carbocycles. The van der Waals surface area contributed by atoms with Crippen LogP contribution >= 0.6 is 0 Å². The summed E-state index contributed by atoms with van der Waals surface area (Å²) in [7, 11) is 4.14. The van der Waals surface area contributed by atoms with Crippen molar-refractivity contribution in [3.8, 4) is 0 Å². The molecule has 0 radical (unpaired) electrons. The molecule has 184 valence electrons. The van der Waals surface area contributed by atoms with E-state index in [0.29, 0.717) is 45.4 Å². The molecule has 1 aromatic carbocycles. The first kappa shape index (κ1) is 23.3. The van der Waals surface area contributed by atoms with Crippen molar-refractivity contribution >= 4 is 22.8 Å². The Bertz CT molecular complexity index is 1050. The fourth-order valence-corrected chi connectivity index (χ4v) is 5.91. The molecule has 3 atom stereocenters. The van der Waals surface area contributed by atoms with Crippen LogP contribution in [0.2, 0.25) is 0 Å². The zero-order chi connectivity index (χ0) is 23.8. The molecule has 3 aliphatic rings. The molecule has 2 N–H and O–H groups in total. The number of aliphatic hydroxyl groups excluding tert-OH is 1. The van der Waals surface area contributed by atoms with Gasteiger partial charge >= 0.3 is 0 Å². The van der Waals surface area contributed by atoms with Gasteiger partial charge in [0.25, 0.3) is 0 Å². The summed E-state index contributed by atoms with van der Waals surface area (Å²) < 4.78 is 2.12. The molecular weight excluding hydrogens is 432 g/mol. The number of benzene rings is 1. The molecule has 3 fully saturated rings. The van der Waals surface area contributed by atoms with Gasteiger partial charge in [-0.1, -0.05) is 12.1 Å². The Labute approximate surface area is 200 Å². The van der Waals surface area contributed by atoms with Crippen molar-refractivity contribution in [1.29, 1.82) is 0 Å². The number of piperidine rings is 1. The van der Waals surface area contributed by atoms with E-state index in [-0.39, 0.29) is 36.0 Å². The number of nitrogens with one attached hydrogen (secondary N) is 1. The number of rotatable bonds is 5. The number of carbonyl (C=O) groups excluding carboxylic acids is 2. The summed E-state index contributed by atoms with van der Waals surface area (Å²) in [5, 5.41) is 12.8. The van der Waals surface area contributed by atoms with Crippen molar-refractivity contribution in [2.45, 2.75) is 62.9 Å². The van der Waals surface area contributed by atoms with E-state index < -0.39 is 0 Å². The molecule has 3 saturated heterocycles. The molecule has 0 unspecified atom stereocenters. The zero-order valence-corrected chi connectivity index (χ0v) is 20.2. The van der Waals surface area contributed by atoms with Crippen LogP contribution in [0, 0.1) is 0 Å². The van der Waals surface area contributed by atoms with Gasteiger partial charge in [-0.25, -0.2) is 4.98 Å². The highest BCUT2D eigenvalue weighted by molar-refractivity contribution is 5.83. The third kappa shape index (κ3) is 4.44. The molecule has 1 aromatic heterocycles. The van der Waals surface area contributed by atoms with Crippen LogP contribution in [0.4, 0.5) is 0 Å². The summed E-state index contributed by atoms with van der Waals surface area (Å²) in [5.74, 6) is 1.20. The summed E-state index contributed by atoms with van der Waals surface area (Å²) in [4.78, 5) is 37.1. The fraction of sp³-hybridized carbons (Fsp3) is 0.640. The van der Waals surface area contributed by atoms with Gasteiger partial charge in [0.2, 0.25) is 11.8 Å². The fourth-order valence-electron chi connectivity index (χ4n) is 5.91. The molecule has 9 nitrogen and oxygen atoms in total. The smallest absolute Gasteiger partial charge is 0.239 e. The second kappa shape index (κ2) is 9.64. The number of hydrogen-bond acceptors (Lipinski definition) is 6. The molecule has 5 rings (SSSR count). The summed E-state index contributed by atoms with van der Waals surface area (Å²) >= 11 is 0. The lowest BCUT2D eigenvalue weighted by atomic mass is 10.0. The van der Waals surface area contributed by atoms with Gasteiger partial charge in [0, 0.05) is 51.7 Å². The molecule has 34 heavy (non-hydrogen) atoms. The number of likely N-dealkylation sites (N-methyl/N-ethyl adjacent to an activating group) is 1. The molecular formula is C25H36N6O3. The minimum absolute atomic E-state index is 0.0759. The highest BCUT2D eigenvalue weighted by Gasteiger charge is 2.45. The normalized spacial score (nSPS) is 27.1. The van der Waals surface area contributed by atoms with E-state index >= 15 is 0 Å². The van der Waals surface area contributed by atoms with Crippen LogP contribution in [0.5, 0.6) is 0 Å². The van der Waals surface area contributed by atoms with E-state index in [1.54, 1.807) is 0 Å². The number of carbonyl (C=O) groups is 2. The van der Waals surface area contributed by atoms with Crippen LogP contribution in [-0.2, 0) is 23.2 Å². The lowest BCUT2D eigenvalue weighted by Gasteiger charge is -2.34. The van der Waals surface area contributed by atoms with E-state index in [1.165, 1.54) is 0 Å². The number of aliphatic hydroxyl groups is 1. The van der Waals surface area contributed by atoms with Crippen molar-refractivity contribution in [3.05, 3.63) is 30.1 Å². The largest absolute Gasteiger partial charge is 0.393 e. The first-order valence-corrected chi connectivity index (χ1v) is 12.5. The summed E-state index contributed by atoms with van der Waals surface area (Å²) in [6.07, 6.45) is 3.17. The molecule has 2 aromatic rings. The topological polar surface area (TPSA) is 93.9 Å². The third-order valence-electron chi connectivity index (χ3n) is 8.08. The van der Waals surface area contributed by atoms with E-state index in [1.807, 2.05) is 30.1 Å². The number of amides is 2. The quantitative estimate of drug-likeness (QED) is 0.671. The first-order valence-electron chi connectivity index (χ1n) is 12.5. The zero-order valence-electron chi connectivity index (χ0n) is 20.2. The Hall–Kier alpha value is -2.49. The minimum atomic E-state index is -0.279. The van der Waals surface area contributed by atoms with Gasteiger partial charge in [0.05, 0.1) is 23.7 Å². The van der Waals surface area contributed by atoms with Crippen LogP contribution in [0.25, 0.3) is 11.0 Å². The Morgan fingerprint density at radius 3 is 2.68 bits per heavy atom. The predicted octanol–water partition coefficient (Wildman–Crippen LogP) is 0.710. The van der Waals surface area contributed by atoms with Gasteiger partial charge in [-0.2, -0.15) is 0 Å². The van der Waals surface area contributed by atoms with E-state index in [0.717, 1.165) is 36.2 Å². The summed E-state index contributed by atoms with van der Waals surface area (Å²) in [6.45, 7) is 3.32. The predicted molar refractivity (Wildman–Crippen MR) is 129 cm³/mol. The third-order valence-corrected chi connectivity index (χ3v) is 8.08. The minimum Gasteiger partial charge on any atom is -0.393 e. The van der Waals surface area contributed by atoms with Gasteiger partial charge in [-0.05, 0) is 44.9 Å². The second-order valence-corrected chi connectivity index (χ2v) is 10.1. The second-order valence-electron chi connectivity index (χ2n) is 10.1. The highest BCUT2D eigenvalue weighted by Crippen LogP contribution is 2.29. The Morgan fingerprint density at radius 1 is 1.15 bits per heavy atom. The van der Waals surface area contributed by atoms with Gasteiger partial charge in [0.1, 0.15) is 11.9 Å². The number of para-hydroxylation sites is 2. The van der Waals surface area contributed by atoms with Gasteiger partial charge in [0.15, 0.2) is 0 Å². The highest BCUT2D eigenvalue weighted by atomic mass is 16.3. The van der Waals surface area contributed by atoms with Crippen molar-refractivity contribution < 1.29 is 14.7 Å². The standard InChI is InChI=1S/C25H36N6O3/c1-28-17(7-8-23(33)30-12-9-18(32)10-13-30)15-26-25(34)24-21(28)11-14-31(24)16-22-27-19-5-3-4-6-20(19)29(22)2/h3-6,17-18,21,24,32H,7-16H2,1-2H3,(H,26,34)/t17-,21-,24-/m0/s1. The number of likely N-dealkylation sites (tertiary alicyclic amines) is 2. The van der Waals surface area contributed by atoms with Crippen LogP contribution < -0.4 is 5.32 Å². The lowest BCUT2D eigenvalue weighted by Crippen LogP contribution is -2.49. The number of aromatic nitrogens is 2. The molecule has 0 bridgehead atoms. The molecule has 0 aliphatic carbocycles. The van der Waals surface area contributed by atoms with Crippen molar-refractivity contribution in [2.24, 2.45) is 7.05 Å². The maximum atomic E-state index is 13.2. The van der Waals surface area contributed by atoms with Crippen molar-refractivity contribution in [1.82, 2.24) is 29.6 Å². The van der Waals surface area contributed by atoms with Crippen LogP contribution in [0.3, 0.4) is 0 Å².